The van der Waals surface area contributed by atoms with Gasteiger partial charge >= 0.3 is 6.01 Å². The molecule has 7 nitrogen and oxygen atoms in total. The summed E-state index contributed by atoms with van der Waals surface area (Å²) in [6, 6.07) is 0.311. The van der Waals surface area contributed by atoms with E-state index in [4.69, 9.17) is 10.2 Å². The molecule has 17 heavy (non-hydrogen) atoms. The van der Waals surface area contributed by atoms with Crippen molar-refractivity contribution in [1.82, 2.24) is 15.1 Å². The van der Waals surface area contributed by atoms with E-state index >= 15 is 0 Å². The minimum absolute atomic E-state index is 0.0324. The second-order valence-electron chi connectivity index (χ2n) is 3.60. The van der Waals surface area contributed by atoms with Gasteiger partial charge in [-0.2, -0.15) is 0 Å². The fourth-order valence-corrected chi connectivity index (χ4v) is 1.43. The number of rotatable bonds is 6. The van der Waals surface area contributed by atoms with E-state index in [-0.39, 0.29) is 19.0 Å². The quantitative estimate of drug-likeness (QED) is 0.744. The number of hydrogen-bond acceptors (Lipinski definition) is 6. The highest BCUT2D eigenvalue weighted by atomic mass is 16.4. The van der Waals surface area contributed by atoms with Crippen LogP contribution in [0.3, 0.4) is 0 Å². The maximum absolute atomic E-state index is 11.8. The van der Waals surface area contributed by atoms with Crippen LogP contribution in [-0.2, 0) is 11.3 Å². The Morgan fingerprint density at radius 2 is 2.00 bits per heavy atom. The highest BCUT2D eigenvalue weighted by molar-refractivity contribution is 5.80. The molecule has 0 spiro atoms. The van der Waals surface area contributed by atoms with E-state index in [2.05, 4.69) is 10.2 Å². The lowest BCUT2D eigenvalue weighted by Crippen LogP contribution is -2.38. The first-order valence-corrected chi connectivity index (χ1v) is 5.63. The minimum Gasteiger partial charge on any atom is -0.407 e. The number of nitrogens with zero attached hydrogens (tertiary/aromatic N) is 4. The van der Waals surface area contributed by atoms with Crippen molar-refractivity contribution in [2.45, 2.75) is 20.4 Å². The van der Waals surface area contributed by atoms with E-state index in [1.165, 1.54) is 0 Å². The van der Waals surface area contributed by atoms with Gasteiger partial charge in [0.05, 0.1) is 6.54 Å². The fourth-order valence-electron chi connectivity index (χ4n) is 1.43. The number of carbonyl (C=O) groups is 1. The summed E-state index contributed by atoms with van der Waals surface area (Å²) in [5.41, 5.74) is 5.37. The number of nitrogens with two attached hydrogens (primary N) is 1. The van der Waals surface area contributed by atoms with Gasteiger partial charge in [0.1, 0.15) is 6.54 Å². The highest BCUT2D eigenvalue weighted by Crippen LogP contribution is 2.09. The molecule has 96 valence electrons. The highest BCUT2D eigenvalue weighted by Gasteiger charge is 2.16. The summed E-state index contributed by atoms with van der Waals surface area (Å²) in [5.74, 6) is 0.395. The Morgan fingerprint density at radius 1 is 1.35 bits per heavy atom. The van der Waals surface area contributed by atoms with E-state index < -0.39 is 0 Å². The molecule has 0 saturated carbocycles. The molecule has 0 aliphatic heterocycles. The summed E-state index contributed by atoms with van der Waals surface area (Å²) in [4.78, 5) is 15.2. The third-order valence-electron chi connectivity index (χ3n) is 2.45. The Labute approximate surface area is 101 Å². The second-order valence-corrected chi connectivity index (χ2v) is 3.60. The Bertz CT molecular complexity index is 361. The van der Waals surface area contributed by atoms with Gasteiger partial charge in [-0.05, 0) is 13.8 Å². The molecule has 0 bridgehead atoms. The molecule has 0 unspecified atom stereocenters. The van der Waals surface area contributed by atoms with Crippen molar-refractivity contribution in [1.29, 1.82) is 0 Å². The van der Waals surface area contributed by atoms with Crippen molar-refractivity contribution >= 4 is 11.9 Å². The van der Waals surface area contributed by atoms with E-state index in [1.807, 2.05) is 13.8 Å². The zero-order valence-corrected chi connectivity index (χ0v) is 10.5. The molecule has 0 saturated heterocycles. The first-order valence-electron chi connectivity index (χ1n) is 5.63. The van der Waals surface area contributed by atoms with E-state index in [0.29, 0.717) is 25.0 Å². The molecule has 0 atom stereocenters. The summed E-state index contributed by atoms with van der Waals surface area (Å²) in [7, 11) is 1.73. The largest absolute Gasteiger partial charge is 0.407 e. The second kappa shape index (κ2) is 6.19. The molecule has 7 heteroatoms. The Morgan fingerprint density at radius 3 is 2.47 bits per heavy atom. The number of aromatic nitrogens is 2. The first kappa shape index (κ1) is 13.4. The molecule has 1 aromatic heterocycles. The van der Waals surface area contributed by atoms with Crippen LogP contribution in [0.25, 0.3) is 0 Å². The van der Waals surface area contributed by atoms with Crippen LogP contribution < -0.4 is 10.6 Å². The molecular weight excluding hydrogens is 222 g/mol. The van der Waals surface area contributed by atoms with Crippen molar-refractivity contribution in [3.05, 3.63) is 5.89 Å². The number of amides is 1. The van der Waals surface area contributed by atoms with Crippen LogP contribution >= 0.6 is 0 Å². The average molecular weight is 241 g/mol. The Kier molecular flexibility index (Phi) is 4.89. The third-order valence-corrected chi connectivity index (χ3v) is 2.45. The summed E-state index contributed by atoms with van der Waals surface area (Å²) < 4.78 is 5.25. The topological polar surface area (TPSA) is 88.5 Å². The van der Waals surface area contributed by atoms with Crippen molar-refractivity contribution in [2.75, 3.05) is 31.6 Å². The van der Waals surface area contributed by atoms with Gasteiger partial charge in [-0.3, -0.25) is 4.79 Å². The predicted molar refractivity (Wildman–Crippen MR) is 63.4 cm³/mol. The van der Waals surface area contributed by atoms with Crippen LogP contribution in [-0.4, -0.2) is 47.7 Å². The van der Waals surface area contributed by atoms with E-state index in [0.717, 1.165) is 0 Å². The lowest BCUT2D eigenvalue weighted by Gasteiger charge is -2.21. The molecule has 1 rings (SSSR count). The van der Waals surface area contributed by atoms with Gasteiger partial charge in [0.15, 0.2) is 0 Å². The monoisotopic (exact) mass is 241 g/mol. The van der Waals surface area contributed by atoms with Crippen LogP contribution in [0, 0.1) is 0 Å². The van der Waals surface area contributed by atoms with Gasteiger partial charge in [-0.25, -0.2) is 0 Å². The summed E-state index contributed by atoms with van der Waals surface area (Å²) >= 11 is 0. The van der Waals surface area contributed by atoms with Crippen LogP contribution in [0.4, 0.5) is 6.01 Å². The molecule has 0 fully saturated rings. The zero-order valence-electron chi connectivity index (χ0n) is 10.5. The number of hydrogen-bond donors (Lipinski definition) is 1. The summed E-state index contributed by atoms with van der Waals surface area (Å²) in [6.07, 6.45) is 0. The first-order chi connectivity index (χ1) is 8.12. The zero-order chi connectivity index (χ0) is 12.8. The normalized spacial score (nSPS) is 10.4. The molecule has 0 radical (unpaired) electrons. The lowest BCUT2D eigenvalue weighted by molar-refractivity contribution is -0.129. The fraction of sp³-hybridized carbons (Fsp3) is 0.700. The molecule has 1 amide bonds. The van der Waals surface area contributed by atoms with Crippen LogP contribution in [0.2, 0.25) is 0 Å². The number of carbonyl (C=O) groups excluding carboxylic acids is 1. The van der Waals surface area contributed by atoms with Gasteiger partial charge in [0.25, 0.3) is 0 Å². The van der Waals surface area contributed by atoms with Gasteiger partial charge in [-0.1, -0.05) is 5.10 Å². The maximum atomic E-state index is 11.8. The van der Waals surface area contributed by atoms with E-state index in [9.17, 15) is 4.79 Å². The van der Waals surface area contributed by atoms with E-state index in [1.54, 1.807) is 16.8 Å². The third kappa shape index (κ3) is 3.42. The molecule has 0 aromatic carbocycles. The number of anilines is 1. The standard InChI is InChI=1S/C10H19N5O2/c1-4-15(5-2)9(16)7-14(3)10-13-12-8(6-11)17-10/h4-7,11H2,1-3H3. The molecule has 1 heterocycles. The SMILES string of the molecule is CCN(CC)C(=O)CN(C)c1nnc(CN)o1. The predicted octanol–water partition coefficient (Wildman–Crippen LogP) is -0.167. The summed E-state index contributed by atoms with van der Waals surface area (Å²) in [6.45, 7) is 5.70. The molecule has 0 aliphatic rings. The average Bonchev–Trinajstić information content (AvgIpc) is 2.79. The Hall–Kier alpha value is -1.63. The lowest BCUT2D eigenvalue weighted by atomic mass is 10.4. The van der Waals surface area contributed by atoms with Crippen molar-refractivity contribution in [3.63, 3.8) is 0 Å². The summed E-state index contributed by atoms with van der Waals surface area (Å²) in [5, 5.41) is 7.55. The van der Waals surface area contributed by atoms with Crippen LogP contribution in [0.5, 0.6) is 0 Å². The molecule has 2 N–H and O–H groups in total. The van der Waals surface area contributed by atoms with Gasteiger partial charge in [0.2, 0.25) is 11.8 Å². The Balaban J connectivity index is 2.59. The van der Waals surface area contributed by atoms with Crippen molar-refractivity contribution in [3.8, 4) is 0 Å². The van der Waals surface area contributed by atoms with Crippen molar-refractivity contribution < 1.29 is 9.21 Å². The smallest absolute Gasteiger partial charge is 0.318 e. The van der Waals surface area contributed by atoms with Gasteiger partial charge < -0.3 is 20.0 Å². The van der Waals surface area contributed by atoms with Gasteiger partial charge in [-0.15, -0.1) is 5.10 Å². The number of likely N-dealkylation sites (N-methyl/N-ethyl adjacent to an activating group) is 2. The van der Waals surface area contributed by atoms with Crippen molar-refractivity contribution in [2.24, 2.45) is 5.73 Å². The van der Waals surface area contributed by atoms with Gasteiger partial charge in [0, 0.05) is 20.1 Å². The maximum Gasteiger partial charge on any atom is 0.318 e. The van der Waals surface area contributed by atoms with Crippen LogP contribution in [0.15, 0.2) is 4.42 Å². The van der Waals surface area contributed by atoms with Crippen LogP contribution in [0.1, 0.15) is 19.7 Å². The molecular formula is C10H19N5O2. The minimum atomic E-state index is 0.0324. The molecule has 1 aromatic rings. The molecule has 0 aliphatic carbocycles.